The Balaban J connectivity index is 2.01. The van der Waals surface area contributed by atoms with Crippen LogP contribution in [0.4, 0.5) is 0 Å². The zero-order valence-electron chi connectivity index (χ0n) is 10.4. The van der Waals surface area contributed by atoms with Gasteiger partial charge in [0.1, 0.15) is 0 Å². The summed E-state index contributed by atoms with van der Waals surface area (Å²) in [6.45, 7) is 1.85. The van der Waals surface area contributed by atoms with Crippen molar-refractivity contribution < 1.29 is 0 Å². The molecular weight excluding hydrogens is 240 g/mol. The van der Waals surface area contributed by atoms with Crippen molar-refractivity contribution in [1.82, 2.24) is 19.3 Å². The van der Waals surface area contributed by atoms with Gasteiger partial charge in [0.2, 0.25) is 0 Å². The van der Waals surface area contributed by atoms with Crippen molar-refractivity contribution in [2.75, 3.05) is 0 Å². The lowest BCUT2D eigenvalue weighted by Crippen LogP contribution is -2.20. The van der Waals surface area contributed by atoms with Gasteiger partial charge in [-0.05, 0) is 36.8 Å². The van der Waals surface area contributed by atoms with Gasteiger partial charge in [0, 0.05) is 24.1 Å². The SMILES string of the molecule is Cc1cnn(-c2ccc(-n3ccnc3)cc2)c(=O)c1. The summed E-state index contributed by atoms with van der Waals surface area (Å²) in [5.41, 5.74) is 2.46. The summed E-state index contributed by atoms with van der Waals surface area (Å²) in [6.07, 6.45) is 6.99. The molecule has 5 heteroatoms. The third-order valence-electron chi connectivity index (χ3n) is 2.83. The minimum atomic E-state index is -0.129. The van der Waals surface area contributed by atoms with Gasteiger partial charge in [0.05, 0.1) is 18.2 Å². The molecule has 94 valence electrons. The lowest BCUT2D eigenvalue weighted by molar-refractivity contribution is 0.800. The topological polar surface area (TPSA) is 52.7 Å². The Hall–Kier alpha value is -2.69. The van der Waals surface area contributed by atoms with Gasteiger partial charge in [-0.1, -0.05) is 0 Å². The number of hydrogen-bond acceptors (Lipinski definition) is 3. The maximum atomic E-state index is 11.8. The van der Waals surface area contributed by atoms with Crippen LogP contribution in [0.25, 0.3) is 11.4 Å². The van der Waals surface area contributed by atoms with Crippen molar-refractivity contribution >= 4 is 0 Å². The highest BCUT2D eigenvalue weighted by molar-refractivity contribution is 5.41. The van der Waals surface area contributed by atoms with E-state index in [9.17, 15) is 4.79 Å². The highest BCUT2D eigenvalue weighted by Gasteiger charge is 2.02. The van der Waals surface area contributed by atoms with E-state index in [-0.39, 0.29) is 5.56 Å². The van der Waals surface area contributed by atoms with E-state index < -0.39 is 0 Å². The van der Waals surface area contributed by atoms with E-state index in [4.69, 9.17) is 0 Å². The quantitative estimate of drug-likeness (QED) is 0.698. The fourth-order valence-corrected chi connectivity index (χ4v) is 1.87. The first-order valence-corrected chi connectivity index (χ1v) is 5.89. The highest BCUT2D eigenvalue weighted by atomic mass is 16.1. The minimum Gasteiger partial charge on any atom is -0.306 e. The number of imidazole rings is 1. The van der Waals surface area contributed by atoms with Crippen molar-refractivity contribution in [3.63, 3.8) is 0 Å². The summed E-state index contributed by atoms with van der Waals surface area (Å²) in [5.74, 6) is 0. The summed E-state index contributed by atoms with van der Waals surface area (Å²) < 4.78 is 3.28. The Morgan fingerprint density at radius 2 is 1.84 bits per heavy atom. The molecule has 1 aromatic carbocycles. The molecule has 0 unspecified atom stereocenters. The Morgan fingerprint density at radius 3 is 2.47 bits per heavy atom. The van der Waals surface area contributed by atoms with Gasteiger partial charge in [0.15, 0.2) is 0 Å². The number of hydrogen-bond donors (Lipinski definition) is 0. The second-order valence-corrected chi connectivity index (χ2v) is 4.27. The molecule has 3 aromatic rings. The Bertz CT molecular complexity index is 742. The Morgan fingerprint density at radius 1 is 1.11 bits per heavy atom. The van der Waals surface area contributed by atoms with Gasteiger partial charge >= 0.3 is 0 Å². The molecule has 0 aliphatic carbocycles. The lowest BCUT2D eigenvalue weighted by atomic mass is 10.2. The van der Waals surface area contributed by atoms with Crippen LogP contribution in [-0.2, 0) is 0 Å². The second-order valence-electron chi connectivity index (χ2n) is 4.27. The molecule has 2 aromatic heterocycles. The van der Waals surface area contributed by atoms with E-state index >= 15 is 0 Å². The summed E-state index contributed by atoms with van der Waals surface area (Å²) in [7, 11) is 0. The van der Waals surface area contributed by atoms with Crippen LogP contribution in [0.1, 0.15) is 5.56 Å². The zero-order chi connectivity index (χ0) is 13.2. The molecular formula is C14H12N4O. The first-order valence-electron chi connectivity index (χ1n) is 5.89. The average Bonchev–Trinajstić information content (AvgIpc) is 2.93. The maximum absolute atomic E-state index is 11.8. The van der Waals surface area contributed by atoms with Crippen LogP contribution < -0.4 is 5.56 Å². The summed E-state index contributed by atoms with van der Waals surface area (Å²) in [6, 6.07) is 9.13. The lowest BCUT2D eigenvalue weighted by Gasteiger charge is -2.06. The van der Waals surface area contributed by atoms with Gasteiger partial charge in [-0.25, -0.2) is 4.98 Å². The number of benzene rings is 1. The van der Waals surface area contributed by atoms with Crippen molar-refractivity contribution in [3.8, 4) is 11.4 Å². The molecule has 0 bridgehead atoms. The number of nitrogens with zero attached hydrogens (tertiary/aromatic N) is 4. The zero-order valence-corrected chi connectivity index (χ0v) is 10.4. The van der Waals surface area contributed by atoms with E-state index in [2.05, 4.69) is 10.1 Å². The molecule has 0 aliphatic rings. The minimum absolute atomic E-state index is 0.129. The molecule has 0 aliphatic heterocycles. The van der Waals surface area contributed by atoms with Gasteiger partial charge in [-0.2, -0.15) is 9.78 Å². The van der Waals surface area contributed by atoms with E-state index in [1.165, 1.54) is 4.68 Å². The third kappa shape index (κ3) is 2.18. The van der Waals surface area contributed by atoms with E-state index in [1.54, 1.807) is 24.8 Å². The summed E-state index contributed by atoms with van der Waals surface area (Å²) in [4.78, 5) is 15.8. The standard InChI is InChI=1S/C14H12N4O/c1-11-8-14(19)18(16-9-11)13-4-2-12(3-5-13)17-7-6-15-10-17/h2-10H,1H3. The van der Waals surface area contributed by atoms with Gasteiger partial charge < -0.3 is 4.57 Å². The van der Waals surface area contributed by atoms with Crippen molar-refractivity contribution in [3.05, 3.63) is 71.2 Å². The smallest absolute Gasteiger partial charge is 0.271 e. The largest absolute Gasteiger partial charge is 0.306 e. The monoisotopic (exact) mass is 252 g/mol. The van der Waals surface area contributed by atoms with Gasteiger partial charge in [-0.3, -0.25) is 4.79 Å². The summed E-state index contributed by atoms with van der Waals surface area (Å²) in [5, 5.41) is 4.13. The fourth-order valence-electron chi connectivity index (χ4n) is 1.87. The van der Waals surface area contributed by atoms with Crippen molar-refractivity contribution in [2.45, 2.75) is 6.92 Å². The van der Waals surface area contributed by atoms with Crippen LogP contribution in [0.2, 0.25) is 0 Å². The van der Waals surface area contributed by atoms with Crippen LogP contribution in [0.5, 0.6) is 0 Å². The van der Waals surface area contributed by atoms with Crippen LogP contribution in [0.15, 0.2) is 60.0 Å². The molecule has 0 N–H and O–H groups in total. The normalized spacial score (nSPS) is 10.6. The molecule has 0 saturated heterocycles. The summed E-state index contributed by atoms with van der Waals surface area (Å²) >= 11 is 0. The number of aromatic nitrogens is 4. The average molecular weight is 252 g/mol. The van der Waals surface area contributed by atoms with E-state index in [1.807, 2.05) is 42.0 Å². The second kappa shape index (κ2) is 4.53. The number of rotatable bonds is 2. The van der Waals surface area contributed by atoms with Gasteiger partial charge in [-0.15, -0.1) is 0 Å². The van der Waals surface area contributed by atoms with Crippen LogP contribution in [0, 0.1) is 6.92 Å². The number of aryl methyl sites for hydroxylation is 1. The first kappa shape index (κ1) is 11.4. The van der Waals surface area contributed by atoms with Crippen molar-refractivity contribution in [1.29, 1.82) is 0 Å². The first-order chi connectivity index (χ1) is 9.24. The van der Waals surface area contributed by atoms with Gasteiger partial charge in [0.25, 0.3) is 5.56 Å². The fraction of sp³-hybridized carbons (Fsp3) is 0.0714. The van der Waals surface area contributed by atoms with Crippen LogP contribution in [0.3, 0.4) is 0 Å². The predicted molar refractivity (Wildman–Crippen MR) is 71.7 cm³/mol. The molecule has 3 rings (SSSR count). The molecule has 19 heavy (non-hydrogen) atoms. The highest BCUT2D eigenvalue weighted by Crippen LogP contribution is 2.10. The van der Waals surface area contributed by atoms with E-state index in [0.717, 1.165) is 16.9 Å². The van der Waals surface area contributed by atoms with Crippen LogP contribution in [-0.4, -0.2) is 19.3 Å². The Labute approximate surface area is 109 Å². The van der Waals surface area contributed by atoms with E-state index in [0.29, 0.717) is 0 Å². The molecule has 0 saturated carbocycles. The molecule has 2 heterocycles. The van der Waals surface area contributed by atoms with Crippen LogP contribution >= 0.6 is 0 Å². The molecule has 0 atom stereocenters. The molecule has 5 nitrogen and oxygen atoms in total. The molecule has 0 spiro atoms. The Kier molecular flexibility index (Phi) is 2.72. The molecule has 0 radical (unpaired) electrons. The predicted octanol–water partition coefficient (Wildman–Crippen LogP) is 1.73. The molecule has 0 fully saturated rings. The molecule has 0 amide bonds. The third-order valence-corrected chi connectivity index (χ3v) is 2.83. The maximum Gasteiger partial charge on any atom is 0.271 e. The van der Waals surface area contributed by atoms with Crippen molar-refractivity contribution in [2.24, 2.45) is 0 Å².